The number of amides is 1. The molecule has 5 heterocycles. The zero-order chi connectivity index (χ0) is 37.0. The number of nitrogens with zero attached hydrogens (tertiary/aromatic N) is 3. The molecule has 0 aliphatic carbocycles. The van der Waals surface area contributed by atoms with E-state index < -0.39 is 23.5 Å². The summed E-state index contributed by atoms with van der Waals surface area (Å²) in [6.45, 7) is 6.56. The van der Waals surface area contributed by atoms with Crippen molar-refractivity contribution in [3.05, 3.63) is 12.2 Å². The number of carbonyl (C=O) groups excluding carboxylic acids is 2. The van der Waals surface area contributed by atoms with E-state index in [0.29, 0.717) is 45.6 Å². The number of aliphatic hydroxyl groups is 1. The number of nitrogens with two attached hydrogens (primary N) is 1. The second kappa shape index (κ2) is 20.1. The van der Waals surface area contributed by atoms with Gasteiger partial charge < -0.3 is 40.2 Å². The molecule has 13 heteroatoms. The first-order chi connectivity index (χ1) is 25.2. The van der Waals surface area contributed by atoms with Gasteiger partial charge in [0.15, 0.2) is 11.7 Å². The Morgan fingerprint density at radius 1 is 1.15 bits per heavy atom. The summed E-state index contributed by atoms with van der Waals surface area (Å²) in [5.41, 5.74) is 4.30. The number of esters is 1. The summed E-state index contributed by atoms with van der Waals surface area (Å²) in [6.07, 6.45) is 20.8. The minimum atomic E-state index is -0.914. The predicted octanol–water partition coefficient (Wildman–Crippen LogP) is 5.26. The summed E-state index contributed by atoms with van der Waals surface area (Å²) in [7, 11) is 0. The molecule has 0 saturated carbocycles. The van der Waals surface area contributed by atoms with Gasteiger partial charge in [0.2, 0.25) is 5.91 Å². The van der Waals surface area contributed by atoms with Crippen LogP contribution in [0, 0.1) is 5.92 Å². The van der Waals surface area contributed by atoms with Gasteiger partial charge in [0.25, 0.3) is 0 Å². The highest BCUT2D eigenvalue weighted by atomic mass is 35.5. The first-order valence-electron chi connectivity index (χ1n) is 20.6. The van der Waals surface area contributed by atoms with Crippen molar-refractivity contribution in [1.82, 2.24) is 20.0 Å². The first kappa shape index (κ1) is 41.2. The van der Waals surface area contributed by atoms with Crippen LogP contribution in [0.25, 0.3) is 0 Å². The Kier molecular flexibility index (Phi) is 15.9. The van der Waals surface area contributed by atoms with Crippen LogP contribution in [-0.4, -0.2) is 107 Å². The Morgan fingerprint density at radius 3 is 2.69 bits per heavy atom. The number of ether oxygens (including phenoxy) is 3. The van der Waals surface area contributed by atoms with Gasteiger partial charge in [-0.15, -0.1) is 0 Å². The summed E-state index contributed by atoms with van der Waals surface area (Å²) in [5, 5.41) is 14.0. The molecule has 5 rings (SSSR count). The summed E-state index contributed by atoms with van der Waals surface area (Å²) < 4.78 is 19.5. The number of hydrogen-bond acceptors (Lipinski definition) is 11. The highest BCUT2D eigenvalue weighted by Crippen LogP contribution is 2.50. The largest absolute Gasteiger partial charge is 0.465 e. The summed E-state index contributed by atoms with van der Waals surface area (Å²) in [5.74, 6) is 0.307. The van der Waals surface area contributed by atoms with E-state index in [9.17, 15) is 14.7 Å². The Bertz CT molecular complexity index is 1210. The standard InChI is InChI=1S/C39H67ClN6O6/c1-3-32-16-10-11-21-38(52-32)27-30-18-19-33-35(39(22-13-15-29(2)51-39)44-37(43-38)46(30)33)36(49)50-26-12-8-6-4-5-7-9-17-34(48)45(25-14-23-41)28-31(47)20-24-42-40/h10,16,29-33,35,42,47H,3-9,11-15,17-28,41H2,1-2H3,(H,43,44)/t29-,30+,31+,32+,33-,35-,38+,39-/m1/s1. The molecule has 12 nitrogen and oxygen atoms in total. The van der Waals surface area contributed by atoms with Gasteiger partial charge >= 0.3 is 5.97 Å². The second-order valence-corrected chi connectivity index (χ2v) is 16.1. The minimum Gasteiger partial charge on any atom is -0.465 e. The zero-order valence-corrected chi connectivity index (χ0v) is 32.6. The Balaban J connectivity index is 1.06. The number of aliphatic hydroxyl groups excluding tert-OH is 1. The molecule has 8 atom stereocenters. The number of nitrogens with one attached hydrogen (secondary N) is 2. The SMILES string of the molecule is CC[C@H]1C=CCC[C@@]2(C[C@@H]3CC[C@@H]4[C@H](C(=O)OCCCCCCCCCC(=O)N(CCCN)C[C@@H](O)CCNCl)[C@]5(CCC[C@@H](C)O5)N=C(N2)N34)O1. The molecule has 2 spiro atoms. The number of allylic oxidation sites excluding steroid dienone is 1. The zero-order valence-electron chi connectivity index (χ0n) is 31.9. The fourth-order valence-corrected chi connectivity index (χ4v) is 9.24. The average Bonchev–Trinajstić information content (AvgIpc) is 3.43. The maximum absolute atomic E-state index is 14.0. The molecule has 0 bridgehead atoms. The third-order valence-electron chi connectivity index (χ3n) is 11.8. The third kappa shape index (κ3) is 10.6. The highest BCUT2D eigenvalue weighted by molar-refractivity contribution is 6.13. The van der Waals surface area contributed by atoms with Crippen LogP contribution in [-0.2, 0) is 23.8 Å². The van der Waals surface area contributed by atoms with Gasteiger partial charge in [-0.1, -0.05) is 51.2 Å². The lowest BCUT2D eigenvalue weighted by Gasteiger charge is -2.55. The van der Waals surface area contributed by atoms with Crippen LogP contribution in [0.2, 0.25) is 0 Å². The molecule has 0 aromatic rings. The van der Waals surface area contributed by atoms with E-state index in [2.05, 4.69) is 41.1 Å². The van der Waals surface area contributed by atoms with E-state index >= 15 is 0 Å². The number of guanidine groups is 1. The van der Waals surface area contributed by atoms with Gasteiger partial charge in [0.05, 0.1) is 31.0 Å². The number of rotatable bonds is 20. The normalized spacial score (nSPS) is 31.5. The second-order valence-electron chi connectivity index (χ2n) is 15.8. The van der Waals surface area contributed by atoms with Crippen LogP contribution in [0.5, 0.6) is 0 Å². The first-order valence-corrected chi connectivity index (χ1v) is 21.0. The van der Waals surface area contributed by atoms with Crippen LogP contribution in [0.3, 0.4) is 0 Å². The number of carbonyl (C=O) groups is 2. The summed E-state index contributed by atoms with van der Waals surface area (Å²) in [6, 6.07) is 0.281. The Morgan fingerprint density at radius 2 is 1.94 bits per heavy atom. The van der Waals surface area contributed by atoms with Gasteiger partial charge in [0, 0.05) is 38.5 Å². The minimum absolute atomic E-state index is 0.00361. The van der Waals surface area contributed by atoms with E-state index in [0.717, 1.165) is 115 Å². The van der Waals surface area contributed by atoms with E-state index in [1.54, 1.807) is 4.90 Å². The van der Waals surface area contributed by atoms with Crippen molar-refractivity contribution >= 4 is 29.6 Å². The molecule has 5 N–H and O–H groups in total. The molecular formula is C39H67ClN6O6. The highest BCUT2D eigenvalue weighted by Gasteiger charge is 2.62. The van der Waals surface area contributed by atoms with Crippen LogP contribution in [0.1, 0.15) is 136 Å². The van der Waals surface area contributed by atoms with Crippen molar-refractivity contribution in [2.75, 3.05) is 32.8 Å². The maximum Gasteiger partial charge on any atom is 0.316 e. The van der Waals surface area contributed by atoms with E-state index in [1.807, 2.05) is 0 Å². The van der Waals surface area contributed by atoms with Crippen molar-refractivity contribution in [3.8, 4) is 0 Å². The fraction of sp³-hybridized carbons (Fsp3) is 0.872. The molecule has 0 unspecified atom stereocenters. The number of hydrogen-bond donors (Lipinski definition) is 4. The lowest BCUT2D eigenvalue weighted by molar-refractivity contribution is -0.194. The van der Waals surface area contributed by atoms with Crippen molar-refractivity contribution in [2.45, 2.75) is 178 Å². The van der Waals surface area contributed by atoms with E-state index in [-0.39, 0.29) is 36.2 Å². The van der Waals surface area contributed by atoms with Crippen molar-refractivity contribution in [3.63, 3.8) is 0 Å². The van der Waals surface area contributed by atoms with Crippen LogP contribution >= 0.6 is 11.8 Å². The summed E-state index contributed by atoms with van der Waals surface area (Å²) in [4.78, 5) is 38.8. The number of unbranched alkanes of at least 4 members (excludes halogenated alkanes) is 6. The summed E-state index contributed by atoms with van der Waals surface area (Å²) >= 11 is 5.51. The molecule has 0 radical (unpaired) electrons. The fourth-order valence-electron chi connectivity index (χ4n) is 9.13. The molecule has 0 aromatic heterocycles. The monoisotopic (exact) mass is 750 g/mol. The molecular weight excluding hydrogens is 684 g/mol. The molecule has 5 aliphatic rings. The molecule has 3 fully saturated rings. The maximum atomic E-state index is 14.0. The average molecular weight is 751 g/mol. The molecule has 52 heavy (non-hydrogen) atoms. The van der Waals surface area contributed by atoms with Crippen LogP contribution in [0.15, 0.2) is 17.1 Å². The molecule has 1 amide bonds. The quantitative estimate of drug-likeness (QED) is 0.0562. The Labute approximate surface area is 317 Å². The molecule has 3 saturated heterocycles. The number of halogens is 1. The van der Waals surface area contributed by atoms with Gasteiger partial charge in [-0.3, -0.25) is 9.59 Å². The molecule has 5 aliphatic heterocycles. The lowest BCUT2D eigenvalue weighted by Crippen LogP contribution is -2.71. The van der Waals surface area contributed by atoms with E-state index in [1.165, 1.54) is 0 Å². The van der Waals surface area contributed by atoms with Crippen LogP contribution in [0.4, 0.5) is 0 Å². The Hall–Kier alpha value is -1.96. The van der Waals surface area contributed by atoms with E-state index in [4.69, 9.17) is 36.7 Å². The van der Waals surface area contributed by atoms with Crippen LogP contribution < -0.4 is 15.9 Å². The smallest absolute Gasteiger partial charge is 0.316 e. The third-order valence-corrected chi connectivity index (χ3v) is 12.0. The van der Waals surface area contributed by atoms with Gasteiger partial charge in [-0.2, -0.15) is 0 Å². The van der Waals surface area contributed by atoms with Gasteiger partial charge in [-0.25, -0.2) is 9.83 Å². The topological polar surface area (TPSA) is 151 Å². The van der Waals surface area contributed by atoms with Crippen molar-refractivity contribution < 1.29 is 28.9 Å². The van der Waals surface area contributed by atoms with Gasteiger partial charge in [0.1, 0.15) is 11.6 Å². The predicted molar refractivity (Wildman–Crippen MR) is 203 cm³/mol. The van der Waals surface area contributed by atoms with Gasteiger partial charge in [-0.05, 0) is 102 Å². The van der Waals surface area contributed by atoms with Crippen molar-refractivity contribution in [1.29, 1.82) is 0 Å². The number of aliphatic imine (C=N–C) groups is 1. The lowest BCUT2D eigenvalue weighted by atomic mass is 9.80. The molecule has 0 aromatic carbocycles. The van der Waals surface area contributed by atoms with Crippen molar-refractivity contribution in [2.24, 2.45) is 16.6 Å². The molecule has 296 valence electrons.